The summed E-state index contributed by atoms with van der Waals surface area (Å²) in [6, 6.07) is 5.93. The zero-order valence-electron chi connectivity index (χ0n) is 13.3. The van der Waals surface area contributed by atoms with Crippen molar-refractivity contribution in [1.82, 2.24) is 9.80 Å². The summed E-state index contributed by atoms with van der Waals surface area (Å²) in [5, 5.41) is 0. The fraction of sp³-hybridized carbons (Fsp3) is 0.588. The van der Waals surface area contributed by atoms with Gasteiger partial charge in [-0.2, -0.15) is 0 Å². The fourth-order valence-electron chi connectivity index (χ4n) is 3.42. The van der Waals surface area contributed by atoms with Crippen LogP contribution >= 0.6 is 0 Å². The summed E-state index contributed by atoms with van der Waals surface area (Å²) in [5.41, 5.74) is 6.45. The summed E-state index contributed by atoms with van der Waals surface area (Å²) in [7, 11) is 0. The van der Waals surface area contributed by atoms with Gasteiger partial charge in [-0.15, -0.1) is 0 Å². The van der Waals surface area contributed by atoms with Gasteiger partial charge >= 0.3 is 0 Å². The van der Waals surface area contributed by atoms with Gasteiger partial charge in [0.15, 0.2) is 0 Å². The lowest BCUT2D eigenvalue weighted by Gasteiger charge is -2.36. The van der Waals surface area contributed by atoms with Crippen LogP contribution in [0.3, 0.4) is 0 Å². The van der Waals surface area contributed by atoms with E-state index in [2.05, 4.69) is 4.90 Å². The molecule has 2 atom stereocenters. The third-order valence-corrected chi connectivity index (χ3v) is 4.74. The Labute approximate surface area is 136 Å². The van der Waals surface area contributed by atoms with Crippen molar-refractivity contribution in [2.24, 2.45) is 11.7 Å². The molecule has 126 valence electrons. The summed E-state index contributed by atoms with van der Waals surface area (Å²) in [6.07, 6.45) is 0.946. The first-order valence-corrected chi connectivity index (χ1v) is 8.25. The molecule has 0 spiro atoms. The lowest BCUT2D eigenvalue weighted by atomic mass is 10.0. The van der Waals surface area contributed by atoms with E-state index in [1.165, 1.54) is 12.1 Å². The molecule has 5 nitrogen and oxygen atoms in total. The first kappa shape index (κ1) is 16.4. The third-order valence-electron chi connectivity index (χ3n) is 4.74. The van der Waals surface area contributed by atoms with Gasteiger partial charge in [-0.25, -0.2) is 4.39 Å². The Morgan fingerprint density at radius 2 is 2.13 bits per heavy atom. The van der Waals surface area contributed by atoms with Gasteiger partial charge in [0.25, 0.3) is 0 Å². The lowest BCUT2D eigenvalue weighted by Crippen LogP contribution is -2.46. The highest BCUT2D eigenvalue weighted by molar-refractivity contribution is 5.83. The first-order valence-electron chi connectivity index (χ1n) is 8.25. The molecule has 1 amide bonds. The van der Waals surface area contributed by atoms with Gasteiger partial charge in [0, 0.05) is 26.2 Å². The number of ether oxygens (including phenoxy) is 1. The molecule has 0 aliphatic carbocycles. The number of hydrogen-bond donors (Lipinski definition) is 1. The minimum atomic E-state index is -0.439. The van der Waals surface area contributed by atoms with Crippen LogP contribution in [0, 0.1) is 11.7 Å². The van der Waals surface area contributed by atoms with E-state index in [0.29, 0.717) is 50.9 Å². The molecule has 0 unspecified atom stereocenters. The molecule has 2 saturated heterocycles. The van der Waals surface area contributed by atoms with Gasteiger partial charge in [0.1, 0.15) is 11.9 Å². The van der Waals surface area contributed by atoms with Crippen LogP contribution in [0.5, 0.6) is 0 Å². The molecule has 0 saturated carbocycles. The maximum absolute atomic E-state index is 13.7. The van der Waals surface area contributed by atoms with Crippen molar-refractivity contribution in [3.05, 3.63) is 35.6 Å². The number of morpholine rings is 1. The molecular formula is C17H24FN3O2. The molecular weight excluding hydrogens is 297 g/mol. The predicted molar refractivity (Wildman–Crippen MR) is 85.3 cm³/mol. The molecule has 2 aliphatic heterocycles. The molecule has 3 rings (SSSR count). The molecule has 2 fully saturated rings. The summed E-state index contributed by atoms with van der Waals surface area (Å²) in [6.45, 7) is 4.60. The van der Waals surface area contributed by atoms with Crippen molar-refractivity contribution in [3.63, 3.8) is 0 Å². The number of carbonyl (C=O) groups is 1. The number of hydrogen-bond acceptors (Lipinski definition) is 4. The zero-order chi connectivity index (χ0) is 16.2. The van der Waals surface area contributed by atoms with Crippen LogP contribution in [-0.2, 0) is 9.53 Å². The molecule has 0 radical (unpaired) electrons. The zero-order valence-corrected chi connectivity index (χ0v) is 13.3. The second-order valence-corrected chi connectivity index (χ2v) is 6.28. The Morgan fingerprint density at radius 1 is 1.35 bits per heavy atom. The van der Waals surface area contributed by atoms with E-state index >= 15 is 0 Å². The maximum atomic E-state index is 13.7. The molecule has 23 heavy (non-hydrogen) atoms. The van der Waals surface area contributed by atoms with Crippen LogP contribution in [0.1, 0.15) is 18.0 Å². The van der Waals surface area contributed by atoms with Crippen molar-refractivity contribution >= 4 is 5.91 Å². The van der Waals surface area contributed by atoms with E-state index in [9.17, 15) is 9.18 Å². The standard InChI is InChI=1S/C17H24FN3O2/c18-15-3-1-2-14(10-15)16(20-6-8-23-9-7-20)17(22)21-5-4-13(11-19)12-21/h1-3,10,13,16H,4-9,11-12,19H2/t13-,16+/m1/s1. The van der Waals surface area contributed by atoms with Gasteiger partial charge in [0.05, 0.1) is 13.2 Å². The Balaban J connectivity index is 1.84. The Bertz CT molecular complexity index is 548. The molecule has 2 N–H and O–H groups in total. The topological polar surface area (TPSA) is 58.8 Å². The van der Waals surface area contributed by atoms with E-state index in [1.807, 2.05) is 11.0 Å². The van der Waals surface area contributed by atoms with Gasteiger partial charge in [0.2, 0.25) is 5.91 Å². The summed E-state index contributed by atoms with van der Waals surface area (Å²) in [5.74, 6) is 0.111. The smallest absolute Gasteiger partial charge is 0.244 e. The highest BCUT2D eigenvalue weighted by Crippen LogP contribution is 2.27. The molecule has 1 aromatic carbocycles. The summed E-state index contributed by atoms with van der Waals surface area (Å²) >= 11 is 0. The number of halogens is 1. The van der Waals surface area contributed by atoms with Gasteiger partial charge in [-0.1, -0.05) is 12.1 Å². The largest absolute Gasteiger partial charge is 0.379 e. The number of nitrogens with two attached hydrogens (primary N) is 1. The first-order chi connectivity index (χ1) is 11.2. The van der Waals surface area contributed by atoms with E-state index in [1.54, 1.807) is 6.07 Å². The van der Waals surface area contributed by atoms with Crippen molar-refractivity contribution in [3.8, 4) is 0 Å². The van der Waals surface area contributed by atoms with E-state index in [4.69, 9.17) is 10.5 Å². The fourth-order valence-corrected chi connectivity index (χ4v) is 3.42. The summed E-state index contributed by atoms with van der Waals surface area (Å²) in [4.78, 5) is 17.1. The van der Waals surface area contributed by atoms with Crippen molar-refractivity contribution < 1.29 is 13.9 Å². The molecule has 1 aromatic rings. The predicted octanol–water partition coefficient (Wildman–Crippen LogP) is 1.01. The molecule has 0 aromatic heterocycles. The van der Waals surface area contributed by atoms with Gasteiger partial charge in [-0.05, 0) is 36.6 Å². The number of nitrogens with zero attached hydrogens (tertiary/aromatic N) is 2. The van der Waals surface area contributed by atoms with Crippen LogP contribution in [-0.4, -0.2) is 61.6 Å². The third kappa shape index (κ3) is 3.71. The van der Waals surface area contributed by atoms with Gasteiger partial charge < -0.3 is 15.4 Å². The minimum Gasteiger partial charge on any atom is -0.379 e. The number of carbonyl (C=O) groups excluding carboxylic acids is 1. The number of amides is 1. The van der Waals surface area contributed by atoms with E-state index < -0.39 is 6.04 Å². The second kappa shape index (κ2) is 7.38. The Kier molecular flexibility index (Phi) is 5.25. The highest BCUT2D eigenvalue weighted by Gasteiger charge is 2.35. The maximum Gasteiger partial charge on any atom is 0.244 e. The van der Waals surface area contributed by atoms with Crippen molar-refractivity contribution in [2.45, 2.75) is 12.5 Å². The quantitative estimate of drug-likeness (QED) is 0.899. The van der Waals surface area contributed by atoms with E-state index in [0.717, 1.165) is 13.0 Å². The normalized spacial score (nSPS) is 23.9. The van der Waals surface area contributed by atoms with Gasteiger partial charge in [-0.3, -0.25) is 9.69 Å². The summed E-state index contributed by atoms with van der Waals surface area (Å²) < 4.78 is 19.1. The average molecular weight is 321 g/mol. The monoisotopic (exact) mass is 321 g/mol. The Hall–Kier alpha value is -1.50. The number of rotatable bonds is 4. The minimum absolute atomic E-state index is 0.0495. The molecule has 0 bridgehead atoms. The number of likely N-dealkylation sites (tertiary alicyclic amines) is 1. The second-order valence-electron chi connectivity index (χ2n) is 6.28. The number of benzene rings is 1. The van der Waals surface area contributed by atoms with Crippen molar-refractivity contribution in [1.29, 1.82) is 0 Å². The van der Waals surface area contributed by atoms with E-state index in [-0.39, 0.29) is 11.7 Å². The molecule has 2 heterocycles. The van der Waals surface area contributed by atoms with Crippen LogP contribution in [0.4, 0.5) is 4.39 Å². The molecule has 6 heteroatoms. The highest BCUT2D eigenvalue weighted by atomic mass is 19.1. The lowest BCUT2D eigenvalue weighted by molar-refractivity contribution is -0.138. The van der Waals surface area contributed by atoms with Crippen LogP contribution < -0.4 is 5.73 Å². The van der Waals surface area contributed by atoms with Crippen LogP contribution in [0.15, 0.2) is 24.3 Å². The van der Waals surface area contributed by atoms with Crippen LogP contribution in [0.2, 0.25) is 0 Å². The average Bonchev–Trinajstić information content (AvgIpc) is 3.05. The SMILES string of the molecule is NC[C@H]1CCN(C(=O)[C@H](c2cccc(F)c2)N2CCOCC2)C1. The van der Waals surface area contributed by atoms with Crippen LogP contribution in [0.25, 0.3) is 0 Å². The Morgan fingerprint density at radius 3 is 2.78 bits per heavy atom. The van der Waals surface area contributed by atoms with Crippen molar-refractivity contribution in [2.75, 3.05) is 45.9 Å². The molecule has 2 aliphatic rings.